The molecule has 0 nitrogen and oxygen atoms in total. The molecule has 0 saturated carbocycles. The van der Waals surface area contributed by atoms with Gasteiger partial charge < -0.3 is 0 Å². The Balaban J connectivity index is 0.000000639. The van der Waals surface area contributed by atoms with Gasteiger partial charge in [0, 0.05) is 5.41 Å². The third-order valence-corrected chi connectivity index (χ3v) is 4.11. The van der Waals surface area contributed by atoms with Crippen molar-refractivity contribution >= 4 is 0 Å². The molecule has 0 unspecified atom stereocenters. The minimum absolute atomic E-state index is 0. The molecule has 1 aliphatic rings. The summed E-state index contributed by atoms with van der Waals surface area (Å²) in [5.74, 6) is 0. The summed E-state index contributed by atoms with van der Waals surface area (Å²) < 4.78 is 0. The molecule has 0 radical (unpaired) electrons. The smallest absolute Gasteiger partial charge is 0.0161 e. The van der Waals surface area contributed by atoms with Crippen molar-refractivity contribution in [1.82, 2.24) is 0 Å². The van der Waals surface area contributed by atoms with E-state index in [1.165, 1.54) is 33.4 Å². The van der Waals surface area contributed by atoms with E-state index in [4.69, 9.17) is 0 Å². The van der Waals surface area contributed by atoms with Gasteiger partial charge in [0.1, 0.15) is 0 Å². The number of aryl methyl sites for hydroxylation is 2. The predicted molar refractivity (Wildman–Crippen MR) is 91.6 cm³/mol. The average molecular weight is 268 g/mol. The Hall–Kier alpha value is -1.56. The van der Waals surface area contributed by atoms with Crippen molar-refractivity contribution < 1.29 is 0 Å². The largest absolute Gasteiger partial charge is 0.0776 e. The third kappa shape index (κ3) is 2.18. The molecule has 0 N–H and O–H groups in total. The summed E-state index contributed by atoms with van der Waals surface area (Å²) in [6.45, 7) is 13.1. The second-order valence-corrected chi connectivity index (χ2v) is 5.62. The number of hydrogen-bond acceptors (Lipinski definition) is 0. The van der Waals surface area contributed by atoms with Crippen LogP contribution in [0.2, 0.25) is 0 Å². The number of hydrogen-bond donors (Lipinski definition) is 0. The fourth-order valence-electron chi connectivity index (χ4n) is 3.39. The lowest BCUT2D eigenvalue weighted by Gasteiger charge is -2.23. The first-order valence-electron chi connectivity index (χ1n) is 7.24. The van der Waals surface area contributed by atoms with Crippen molar-refractivity contribution in [1.29, 1.82) is 0 Å². The van der Waals surface area contributed by atoms with E-state index in [0.717, 1.165) is 0 Å². The average Bonchev–Trinajstić information content (AvgIpc) is 2.63. The number of benzene rings is 2. The highest BCUT2D eigenvalue weighted by atomic mass is 14.4. The van der Waals surface area contributed by atoms with Crippen LogP contribution in [-0.2, 0) is 5.41 Å². The Kier molecular flexibility index (Phi) is 4.81. The molecule has 2 aromatic carbocycles. The zero-order valence-corrected chi connectivity index (χ0v) is 13.0. The highest BCUT2D eigenvalue weighted by Crippen LogP contribution is 2.50. The molecule has 0 heteroatoms. The van der Waals surface area contributed by atoms with Gasteiger partial charge in [-0.2, -0.15) is 0 Å². The van der Waals surface area contributed by atoms with Gasteiger partial charge in [0.2, 0.25) is 0 Å². The Labute approximate surface area is 124 Å². The van der Waals surface area contributed by atoms with Crippen LogP contribution in [-0.4, -0.2) is 0 Å². The molecular formula is C20H28. The van der Waals surface area contributed by atoms with Crippen LogP contribution in [0, 0.1) is 13.8 Å². The van der Waals surface area contributed by atoms with E-state index in [9.17, 15) is 0 Å². The molecule has 0 atom stereocenters. The molecule has 0 spiro atoms. The molecule has 0 aromatic heterocycles. The molecule has 0 bridgehead atoms. The van der Waals surface area contributed by atoms with Gasteiger partial charge in [0.25, 0.3) is 0 Å². The van der Waals surface area contributed by atoms with Gasteiger partial charge in [-0.15, -0.1) is 0 Å². The van der Waals surface area contributed by atoms with Crippen LogP contribution in [0.15, 0.2) is 36.4 Å². The maximum Gasteiger partial charge on any atom is 0.0161 e. The van der Waals surface area contributed by atoms with Crippen molar-refractivity contribution in [3.05, 3.63) is 58.7 Å². The van der Waals surface area contributed by atoms with E-state index in [0.29, 0.717) is 0 Å². The number of rotatable bonds is 0. The highest BCUT2D eigenvalue weighted by Gasteiger charge is 2.36. The summed E-state index contributed by atoms with van der Waals surface area (Å²) in [6.07, 6.45) is 0. The van der Waals surface area contributed by atoms with Crippen LogP contribution in [0.5, 0.6) is 0 Å². The van der Waals surface area contributed by atoms with E-state index < -0.39 is 0 Å². The number of fused-ring (bicyclic) bond motifs is 3. The van der Waals surface area contributed by atoms with Gasteiger partial charge in [-0.25, -0.2) is 0 Å². The van der Waals surface area contributed by atoms with Crippen LogP contribution >= 0.6 is 0 Å². The van der Waals surface area contributed by atoms with Gasteiger partial charge >= 0.3 is 0 Å². The Morgan fingerprint density at radius 2 is 1.35 bits per heavy atom. The lowest BCUT2D eigenvalue weighted by Crippen LogP contribution is -2.16. The van der Waals surface area contributed by atoms with Crippen LogP contribution in [0.25, 0.3) is 11.1 Å². The molecule has 0 aliphatic heterocycles. The van der Waals surface area contributed by atoms with Crippen molar-refractivity contribution in [3.63, 3.8) is 0 Å². The molecular weight excluding hydrogens is 240 g/mol. The third-order valence-electron chi connectivity index (χ3n) is 4.11. The standard InChI is InChI=1S/C17H18.C2H6.CH4/c1-11-7-6-10-14-15(11)13-9-5-8-12(2)16(13)17(14,3)4;1-2;/h5-10H,1-4H3;1-2H3;1H4. The van der Waals surface area contributed by atoms with Gasteiger partial charge in [-0.3, -0.25) is 0 Å². The molecule has 108 valence electrons. The molecule has 0 fully saturated rings. The summed E-state index contributed by atoms with van der Waals surface area (Å²) >= 11 is 0. The van der Waals surface area contributed by atoms with Gasteiger partial charge in [0.15, 0.2) is 0 Å². The maximum atomic E-state index is 2.34. The lowest BCUT2D eigenvalue weighted by molar-refractivity contribution is 0.655. The summed E-state index contributed by atoms with van der Waals surface area (Å²) in [4.78, 5) is 0. The van der Waals surface area contributed by atoms with Gasteiger partial charge in [-0.05, 0) is 47.2 Å². The summed E-state index contributed by atoms with van der Waals surface area (Å²) in [7, 11) is 0. The van der Waals surface area contributed by atoms with Crippen molar-refractivity contribution in [2.24, 2.45) is 0 Å². The van der Waals surface area contributed by atoms with Gasteiger partial charge in [-0.1, -0.05) is 71.5 Å². The van der Waals surface area contributed by atoms with Crippen molar-refractivity contribution in [2.75, 3.05) is 0 Å². The molecule has 1 aliphatic carbocycles. The van der Waals surface area contributed by atoms with E-state index in [1.807, 2.05) is 13.8 Å². The zero-order valence-electron chi connectivity index (χ0n) is 13.0. The second kappa shape index (κ2) is 5.83. The summed E-state index contributed by atoms with van der Waals surface area (Å²) in [6, 6.07) is 13.3. The zero-order chi connectivity index (χ0) is 14.2. The highest BCUT2D eigenvalue weighted by molar-refractivity contribution is 5.83. The lowest BCUT2D eigenvalue weighted by atomic mass is 9.80. The molecule has 0 amide bonds. The SMILES string of the molecule is C.CC.Cc1cccc2c1-c1cccc(C)c1C2(C)C. The minimum Gasteiger partial charge on any atom is -0.0776 e. The first-order chi connectivity index (χ1) is 9.03. The van der Waals surface area contributed by atoms with E-state index >= 15 is 0 Å². The quantitative estimate of drug-likeness (QED) is 0.528. The minimum atomic E-state index is 0. The maximum absolute atomic E-state index is 2.34. The van der Waals surface area contributed by atoms with Crippen molar-refractivity contribution in [2.45, 2.75) is 54.4 Å². The monoisotopic (exact) mass is 268 g/mol. The first-order valence-corrected chi connectivity index (χ1v) is 7.24. The second-order valence-electron chi connectivity index (χ2n) is 5.62. The predicted octanol–water partition coefficient (Wildman–Crippen LogP) is 6.27. The van der Waals surface area contributed by atoms with E-state index in [2.05, 4.69) is 64.1 Å². The normalized spacial score (nSPS) is 13.5. The van der Waals surface area contributed by atoms with Crippen LogP contribution in [0.3, 0.4) is 0 Å². The molecule has 20 heavy (non-hydrogen) atoms. The Morgan fingerprint density at radius 3 is 2.00 bits per heavy atom. The molecule has 0 saturated heterocycles. The molecule has 0 heterocycles. The van der Waals surface area contributed by atoms with Gasteiger partial charge in [0.05, 0.1) is 0 Å². The van der Waals surface area contributed by atoms with E-state index in [1.54, 1.807) is 0 Å². The van der Waals surface area contributed by atoms with Crippen molar-refractivity contribution in [3.8, 4) is 11.1 Å². The Bertz CT molecular complexity index is 603. The summed E-state index contributed by atoms with van der Waals surface area (Å²) in [5.41, 5.74) is 8.80. The topological polar surface area (TPSA) is 0 Å². The Morgan fingerprint density at radius 1 is 0.800 bits per heavy atom. The molecule has 3 rings (SSSR count). The van der Waals surface area contributed by atoms with Crippen LogP contribution < -0.4 is 0 Å². The van der Waals surface area contributed by atoms with E-state index in [-0.39, 0.29) is 12.8 Å². The first kappa shape index (κ1) is 16.5. The fourth-order valence-corrected chi connectivity index (χ4v) is 3.39. The fraction of sp³-hybridized carbons (Fsp3) is 0.400. The van der Waals surface area contributed by atoms with Crippen LogP contribution in [0.1, 0.15) is 57.4 Å². The van der Waals surface area contributed by atoms with Crippen LogP contribution in [0.4, 0.5) is 0 Å². The molecule has 2 aromatic rings. The summed E-state index contributed by atoms with van der Waals surface area (Å²) in [5, 5.41) is 0.